The summed E-state index contributed by atoms with van der Waals surface area (Å²) in [5.74, 6) is 1.32. The number of sulfonamides is 1. The van der Waals surface area contributed by atoms with Crippen molar-refractivity contribution < 1.29 is 22.7 Å². The summed E-state index contributed by atoms with van der Waals surface area (Å²) in [6, 6.07) is 5.48. The van der Waals surface area contributed by atoms with Crippen LogP contribution < -0.4 is 4.72 Å². The van der Waals surface area contributed by atoms with Gasteiger partial charge in [0.25, 0.3) is 0 Å². The number of hydrogen-bond acceptors (Lipinski definition) is 5. The van der Waals surface area contributed by atoms with Gasteiger partial charge in [-0.2, -0.15) is 0 Å². The van der Waals surface area contributed by atoms with Crippen LogP contribution in [0.3, 0.4) is 0 Å². The number of Topliss-reactive ketones (excluding diaryl/α,β-unsaturated/α-hetero) is 1. The van der Waals surface area contributed by atoms with Crippen molar-refractivity contribution in [2.75, 3.05) is 6.61 Å². The van der Waals surface area contributed by atoms with E-state index in [9.17, 15) is 18.0 Å². The molecule has 4 aliphatic rings. The topological polar surface area (TPSA) is 89.5 Å². The van der Waals surface area contributed by atoms with Gasteiger partial charge in [0, 0.05) is 11.5 Å². The predicted octanol–water partition coefficient (Wildman–Crippen LogP) is 3.32. The maximum absolute atomic E-state index is 13.0. The van der Waals surface area contributed by atoms with E-state index in [4.69, 9.17) is 4.74 Å². The lowest BCUT2D eigenvalue weighted by Gasteiger charge is -2.55. The maximum atomic E-state index is 13.0. The molecule has 0 amide bonds. The largest absolute Gasteiger partial charge is 0.454 e. The van der Waals surface area contributed by atoms with Gasteiger partial charge in [-0.25, -0.2) is 17.9 Å². The Hall–Kier alpha value is -1.73. The first kappa shape index (κ1) is 20.5. The predicted molar refractivity (Wildman–Crippen MR) is 108 cm³/mol. The molecule has 4 aliphatic carbocycles. The van der Waals surface area contributed by atoms with Crippen LogP contribution in [0, 0.1) is 23.2 Å². The molecule has 0 radical (unpaired) electrons. The lowest BCUT2D eigenvalue weighted by molar-refractivity contribution is -0.147. The number of nitrogens with one attached hydrogen (secondary N) is 1. The van der Waals surface area contributed by atoms with Crippen molar-refractivity contribution in [1.29, 1.82) is 0 Å². The number of ketones is 1. The SMILES string of the molecule is CC(C)NS(=O)(=O)c1cccc(C(=O)OCC(=O)C23CC4CC(CC(C4)C2)C3)c1. The minimum atomic E-state index is -3.70. The molecule has 4 saturated carbocycles. The molecule has 7 heteroatoms. The van der Waals surface area contributed by atoms with Gasteiger partial charge in [0.15, 0.2) is 12.4 Å². The summed E-state index contributed by atoms with van der Waals surface area (Å²) in [6.07, 6.45) is 6.55. The van der Waals surface area contributed by atoms with Crippen molar-refractivity contribution in [3.05, 3.63) is 29.8 Å². The Morgan fingerprint density at radius 3 is 2.24 bits per heavy atom. The molecule has 0 unspecified atom stereocenters. The minimum Gasteiger partial charge on any atom is -0.454 e. The van der Waals surface area contributed by atoms with E-state index in [1.54, 1.807) is 13.8 Å². The number of esters is 1. The van der Waals surface area contributed by atoms with Crippen LogP contribution in [0.25, 0.3) is 0 Å². The highest BCUT2D eigenvalue weighted by Crippen LogP contribution is 2.60. The van der Waals surface area contributed by atoms with Crippen LogP contribution in [0.5, 0.6) is 0 Å². The Bertz CT molecular complexity index is 886. The van der Waals surface area contributed by atoms with Crippen molar-refractivity contribution in [2.24, 2.45) is 23.2 Å². The zero-order valence-corrected chi connectivity index (χ0v) is 17.8. The van der Waals surface area contributed by atoms with Crippen molar-refractivity contribution >= 4 is 21.8 Å². The highest BCUT2D eigenvalue weighted by molar-refractivity contribution is 7.89. The summed E-state index contributed by atoms with van der Waals surface area (Å²) < 4.78 is 32.5. The fourth-order valence-corrected chi connectivity index (χ4v) is 7.28. The molecule has 0 saturated heterocycles. The molecule has 1 aromatic carbocycles. The van der Waals surface area contributed by atoms with Gasteiger partial charge >= 0.3 is 5.97 Å². The van der Waals surface area contributed by atoms with Crippen molar-refractivity contribution in [3.63, 3.8) is 0 Å². The van der Waals surface area contributed by atoms with E-state index in [-0.39, 0.29) is 34.3 Å². The summed E-state index contributed by atoms with van der Waals surface area (Å²) >= 11 is 0. The molecule has 0 aliphatic heterocycles. The van der Waals surface area contributed by atoms with E-state index in [2.05, 4.69) is 4.72 Å². The summed E-state index contributed by atoms with van der Waals surface area (Å²) in [5.41, 5.74) is -0.170. The fourth-order valence-electron chi connectivity index (χ4n) is 5.99. The smallest absolute Gasteiger partial charge is 0.338 e. The van der Waals surface area contributed by atoms with Crippen molar-refractivity contribution in [2.45, 2.75) is 63.3 Å². The number of benzene rings is 1. The molecule has 0 spiro atoms. The van der Waals surface area contributed by atoms with Crippen molar-refractivity contribution in [1.82, 2.24) is 4.72 Å². The van der Waals surface area contributed by atoms with E-state index < -0.39 is 16.0 Å². The highest BCUT2D eigenvalue weighted by Gasteiger charge is 2.54. The van der Waals surface area contributed by atoms with Gasteiger partial charge in [-0.05, 0) is 88.3 Å². The van der Waals surface area contributed by atoms with Crippen LogP contribution in [-0.2, 0) is 19.6 Å². The maximum Gasteiger partial charge on any atom is 0.338 e. The average molecular weight is 420 g/mol. The molecule has 0 aromatic heterocycles. The molecule has 1 aromatic rings. The molecule has 5 rings (SSSR count). The highest BCUT2D eigenvalue weighted by atomic mass is 32.2. The van der Waals surface area contributed by atoms with Crippen molar-refractivity contribution in [3.8, 4) is 0 Å². The molecule has 0 atom stereocenters. The number of carbonyl (C=O) groups is 2. The third kappa shape index (κ3) is 4.12. The second-order valence-electron chi connectivity index (χ2n) is 9.50. The minimum absolute atomic E-state index is 0.00746. The lowest BCUT2D eigenvalue weighted by Crippen LogP contribution is -2.51. The first-order valence-corrected chi connectivity index (χ1v) is 12.0. The molecule has 29 heavy (non-hydrogen) atoms. The third-order valence-electron chi connectivity index (χ3n) is 6.73. The summed E-state index contributed by atoms with van der Waals surface area (Å²) in [4.78, 5) is 25.5. The number of carbonyl (C=O) groups excluding carboxylic acids is 2. The molecule has 6 nitrogen and oxygen atoms in total. The second kappa shape index (κ2) is 7.51. The summed E-state index contributed by atoms with van der Waals surface area (Å²) in [7, 11) is -3.70. The van der Waals surface area contributed by atoms with E-state index in [1.165, 1.54) is 43.5 Å². The quantitative estimate of drug-likeness (QED) is 0.685. The summed E-state index contributed by atoms with van der Waals surface area (Å²) in [5, 5.41) is 0. The Balaban J connectivity index is 1.41. The fraction of sp³-hybridized carbons (Fsp3) is 0.636. The Morgan fingerprint density at radius 1 is 1.10 bits per heavy atom. The van der Waals surface area contributed by atoms with Gasteiger partial charge in [0.2, 0.25) is 10.0 Å². The Morgan fingerprint density at radius 2 is 1.69 bits per heavy atom. The zero-order chi connectivity index (χ0) is 20.8. The van der Waals surface area contributed by atoms with Crippen LogP contribution in [-0.4, -0.2) is 32.8 Å². The van der Waals surface area contributed by atoms with E-state index in [0.29, 0.717) is 17.8 Å². The van der Waals surface area contributed by atoms with Crippen LogP contribution in [0.15, 0.2) is 29.2 Å². The van der Waals surface area contributed by atoms with Gasteiger partial charge < -0.3 is 4.74 Å². The van der Waals surface area contributed by atoms with Crippen LogP contribution >= 0.6 is 0 Å². The lowest BCUT2D eigenvalue weighted by atomic mass is 9.48. The third-order valence-corrected chi connectivity index (χ3v) is 8.39. The normalized spacial score (nSPS) is 30.5. The molecule has 4 bridgehead atoms. The van der Waals surface area contributed by atoms with Gasteiger partial charge in [-0.1, -0.05) is 6.07 Å². The van der Waals surface area contributed by atoms with Crippen LogP contribution in [0.4, 0.5) is 0 Å². The van der Waals surface area contributed by atoms with Gasteiger partial charge in [0.1, 0.15) is 0 Å². The molecular formula is C22H29NO5S. The number of rotatable bonds is 7. The first-order chi connectivity index (χ1) is 13.7. The zero-order valence-electron chi connectivity index (χ0n) is 17.0. The summed E-state index contributed by atoms with van der Waals surface area (Å²) in [6.45, 7) is 3.23. The molecular weight excluding hydrogens is 390 g/mol. The van der Waals surface area contributed by atoms with Crippen LogP contribution in [0.2, 0.25) is 0 Å². The van der Waals surface area contributed by atoms with E-state index in [1.807, 2.05) is 0 Å². The molecule has 0 heterocycles. The number of hydrogen-bond donors (Lipinski definition) is 1. The van der Waals surface area contributed by atoms with Gasteiger partial charge in [0.05, 0.1) is 10.5 Å². The monoisotopic (exact) mass is 419 g/mol. The standard InChI is InChI=1S/C22H29NO5S/c1-14(2)23-29(26,27)19-5-3-4-18(9-19)21(25)28-13-20(24)22-10-15-6-16(11-22)8-17(7-15)12-22/h3-5,9,14-17,23H,6-8,10-13H2,1-2H3. The first-order valence-electron chi connectivity index (χ1n) is 10.5. The van der Waals surface area contributed by atoms with E-state index >= 15 is 0 Å². The molecule has 4 fully saturated rings. The van der Waals surface area contributed by atoms with Gasteiger partial charge in [-0.15, -0.1) is 0 Å². The van der Waals surface area contributed by atoms with E-state index in [0.717, 1.165) is 19.3 Å². The van der Waals surface area contributed by atoms with Crippen LogP contribution in [0.1, 0.15) is 62.7 Å². The molecule has 158 valence electrons. The molecule has 1 N–H and O–H groups in total. The Kier molecular flexibility index (Phi) is 5.32. The number of ether oxygens (including phenoxy) is 1. The second-order valence-corrected chi connectivity index (χ2v) is 11.2. The average Bonchev–Trinajstić information content (AvgIpc) is 2.64. The van der Waals surface area contributed by atoms with Gasteiger partial charge in [-0.3, -0.25) is 4.79 Å². The Labute approximate surface area is 172 Å².